The fraction of sp³-hybridized carbons (Fsp3) is 0.111. The van der Waals surface area contributed by atoms with Gasteiger partial charge in [-0.25, -0.2) is 0 Å². The fourth-order valence-electron chi connectivity index (χ4n) is 0.889. The number of amides is 1. The van der Waals surface area contributed by atoms with Crippen molar-refractivity contribution in [3.05, 3.63) is 26.7 Å². The van der Waals surface area contributed by atoms with Crippen molar-refractivity contribution in [2.45, 2.75) is 6.42 Å². The molecule has 0 fully saturated rings. The van der Waals surface area contributed by atoms with E-state index in [9.17, 15) is 4.79 Å². The Morgan fingerprint density at radius 3 is 2.80 bits per heavy atom. The predicted octanol–water partition coefficient (Wildman–Crippen LogP) is 3.61. The summed E-state index contributed by atoms with van der Waals surface area (Å²) < 4.78 is 0.514. The molecule has 0 aliphatic carbocycles. The topological polar surface area (TPSA) is 52.9 Å². The standard InChI is InChI=1S/C9H5BrCl2N2O/c10-8-5(11)1-2-6(9(8)12)14-7(15)3-4-13/h1-2H,3H2,(H,14,15). The van der Waals surface area contributed by atoms with Crippen molar-refractivity contribution in [3.63, 3.8) is 0 Å². The van der Waals surface area contributed by atoms with Crippen LogP contribution in [-0.2, 0) is 4.79 Å². The number of benzene rings is 1. The van der Waals surface area contributed by atoms with E-state index in [1.807, 2.05) is 0 Å². The van der Waals surface area contributed by atoms with E-state index in [1.54, 1.807) is 18.2 Å². The molecule has 1 amide bonds. The number of nitriles is 1. The number of halogens is 3. The lowest BCUT2D eigenvalue weighted by Gasteiger charge is -2.07. The van der Waals surface area contributed by atoms with Crippen LogP contribution >= 0.6 is 39.1 Å². The maximum Gasteiger partial charge on any atom is 0.238 e. The third-order valence-electron chi connectivity index (χ3n) is 1.55. The Hall–Kier alpha value is -0.760. The smallest absolute Gasteiger partial charge is 0.238 e. The van der Waals surface area contributed by atoms with E-state index in [0.717, 1.165) is 0 Å². The third-order valence-corrected chi connectivity index (χ3v) is 3.54. The molecule has 1 rings (SSSR count). The molecule has 0 spiro atoms. The quantitative estimate of drug-likeness (QED) is 0.849. The summed E-state index contributed by atoms with van der Waals surface area (Å²) in [6.07, 6.45) is -0.212. The molecule has 15 heavy (non-hydrogen) atoms. The van der Waals surface area contributed by atoms with Gasteiger partial charge in [0.05, 0.1) is 26.3 Å². The average molecular weight is 308 g/mol. The number of nitrogens with one attached hydrogen (secondary N) is 1. The molecule has 0 saturated carbocycles. The van der Waals surface area contributed by atoms with Crippen LogP contribution in [0.4, 0.5) is 5.69 Å². The van der Waals surface area contributed by atoms with Crippen LogP contribution in [0.3, 0.4) is 0 Å². The molecule has 1 aromatic rings. The first-order chi connectivity index (χ1) is 7.06. The van der Waals surface area contributed by atoms with Crippen molar-refractivity contribution in [1.82, 2.24) is 0 Å². The van der Waals surface area contributed by atoms with Gasteiger partial charge in [-0.2, -0.15) is 5.26 Å². The Morgan fingerprint density at radius 1 is 1.53 bits per heavy atom. The summed E-state index contributed by atoms with van der Waals surface area (Å²) in [6.45, 7) is 0. The minimum atomic E-state index is -0.409. The molecule has 0 aliphatic heterocycles. The van der Waals surface area contributed by atoms with E-state index in [4.69, 9.17) is 28.5 Å². The number of hydrogen-bond donors (Lipinski definition) is 1. The van der Waals surface area contributed by atoms with Crippen LogP contribution in [0.1, 0.15) is 6.42 Å². The van der Waals surface area contributed by atoms with E-state index < -0.39 is 5.91 Å². The van der Waals surface area contributed by atoms with Gasteiger partial charge in [-0.15, -0.1) is 0 Å². The lowest BCUT2D eigenvalue weighted by Crippen LogP contribution is -2.10. The molecule has 0 bridgehead atoms. The highest BCUT2D eigenvalue weighted by Crippen LogP contribution is 2.35. The van der Waals surface area contributed by atoms with Crippen LogP contribution in [0, 0.1) is 11.3 Å². The molecule has 0 unspecified atom stereocenters. The van der Waals surface area contributed by atoms with Gasteiger partial charge in [0.15, 0.2) is 0 Å². The Balaban J connectivity index is 2.93. The second-order valence-electron chi connectivity index (χ2n) is 2.61. The number of carbonyl (C=O) groups excluding carboxylic acids is 1. The van der Waals surface area contributed by atoms with Gasteiger partial charge < -0.3 is 5.32 Å². The molecule has 1 aromatic carbocycles. The molecular weight excluding hydrogens is 303 g/mol. The minimum Gasteiger partial charge on any atom is -0.324 e. The summed E-state index contributed by atoms with van der Waals surface area (Å²) in [4.78, 5) is 11.1. The minimum absolute atomic E-state index is 0.212. The van der Waals surface area contributed by atoms with Crippen LogP contribution < -0.4 is 5.32 Å². The molecule has 0 aromatic heterocycles. The SMILES string of the molecule is N#CCC(=O)Nc1ccc(Cl)c(Br)c1Cl. The lowest BCUT2D eigenvalue weighted by molar-refractivity contribution is -0.115. The van der Waals surface area contributed by atoms with Crippen molar-refractivity contribution in [2.24, 2.45) is 0 Å². The second kappa shape index (κ2) is 5.36. The normalized spacial score (nSPS) is 9.47. The summed E-state index contributed by atoms with van der Waals surface area (Å²) in [5.41, 5.74) is 0.424. The van der Waals surface area contributed by atoms with Crippen molar-refractivity contribution >= 4 is 50.7 Å². The molecule has 0 aliphatic rings. The van der Waals surface area contributed by atoms with E-state index in [1.165, 1.54) is 0 Å². The molecule has 6 heteroatoms. The maximum atomic E-state index is 11.1. The zero-order valence-corrected chi connectivity index (χ0v) is 10.4. The fourth-order valence-corrected chi connectivity index (χ4v) is 1.65. The summed E-state index contributed by atoms with van der Waals surface area (Å²) in [5.74, 6) is -0.409. The van der Waals surface area contributed by atoms with Crippen molar-refractivity contribution in [1.29, 1.82) is 5.26 Å². The number of nitrogens with zero attached hydrogens (tertiary/aromatic N) is 1. The monoisotopic (exact) mass is 306 g/mol. The zero-order valence-electron chi connectivity index (χ0n) is 7.35. The van der Waals surface area contributed by atoms with Gasteiger partial charge in [0, 0.05) is 0 Å². The number of carbonyl (C=O) groups is 1. The zero-order chi connectivity index (χ0) is 11.4. The Labute approximate surface area is 105 Å². The maximum absolute atomic E-state index is 11.1. The largest absolute Gasteiger partial charge is 0.324 e. The highest BCUT2D eigenvalue weighted by molar-refractivity contribution is 9.10. The summed E-state index contributed by atoms with van der Waals surface area (Å²) in [7, 11) is 0. The molecule has 3 nitrogen and oxygen atoms in total. The van der Waals surface area contributed by atoms with Gasteiger partial charge in [-0.1, -0.05) is 23.2 Å². The van der Waals surface area contributed by atoms with Gasteiger partial charge in [0.25, 0.3) is 0 Å². The molecule has 0 saturated heterocycles. The van der Waals surface area contributed by atoms with Gasteiger partial charge in [-0.3, -0.25) is 4.79 Å². The second-order valence-corrected chi connectivity index (χ2v) is 4.18. The number of hydrogen-bond acceptors (Lipinski definition) is 2. The first-order valence-corrected chi connectivity index (χ1v) is 5.41. The summed E-state index contributed by atoms with van der Waals surface area (Å²) >= 11 is 14.9. The first kappa shape index (κ1) is 12.3. The highest BCUT2D eigenvalue weighted by atomic mass is 79.9. The van der Waals surface area contributed by atoms with Crippen LogP contribution in [0.25, 0.3) is 0 Å². The van der Waals surface area contributed by atoms with Crippen LogP contribution in [-0.4, -0.2) is 5.91 Å². The van der Waals surface area contributed by atoms with Gasteiger partial charge >= 0.3 is 0 Å². The van der Waals surface area contributed by atoms with Gasteiger partial charge in [0.2, 0.25) is 5.91 Å². The summed E-state index contributed by atoms with van der Waals surface area (Å²) in [5, 5.41) is 11.6. The van der Waals surface area contributed by atoms with E-state index >= 15 is 0 Å². The average Bonchev–Trinajstić information content (AvgIpc) is 2.20. The van der Waals surface area contributed by atoms with Crippen molar-refractivity contribution in [2.75, 3.05) is 5.32 Å². The Kier molecular flexibility index (Phi) is 4.40. The number of rotatable bonds is 2. The van der Waals surface area contributed by atoms with Gasteiger partial charge in [-0.05, 0) is 28.1 Å². The molecule has 78 valence electrons. The summed E-state index contributed by atoms with van der Waals surface area (Å²) in [6, 6.07) is 4.91. The number of anilines is 1. The van der Waals surface area contributed by atoms with Crippen molar-refractivity contribution < 1.29 is 4.79 Å². The molecule has 0 heterocycles. The van der Waals surface area contributed by atoms with E-state index in [-0.39, 0.29) is 6.42 Å². The molecular formula is C9H5BrCl2N2O. The predicted molar refractivity (Wildman–Crippen MR) is 63.0 cm³/mol. The lowest BCUT2D eigenvalue weighted by atomic mass is 10.3. The molecule has 1 N–H and O–H groups in total. The van der Waals surface area contributed by atoms with E-state index in [2.05, 4.69) is 21.2 Å². The Morgan fingerprint density at radius 2 is 2.20 bits per heavy atom. The first-order valence-electron chi connectivity index (χ1n) is 3.86. The van der Waals surface area contributed by atoms with Crippen molar-refractivity contribution in [3.8, 4) is 6.07 Å². The third kappa shape index (κ3) is 3.10. The highest BCUT2D eigenvalue weighted by Gasteiger charge is 2.10. The van der Waals surface area contributed by atoms with E-state index in [0.29, 0.717) is 20.2 Å². The van der Waals surface area contributed by atoms with Crippen LogP contribution in [0.2, 0.25) is 10.0 Å². The Bertz CT molecular complexity index is 442. The van der Waals surface area contributed by atoms with Crippen LogP contribution in [0.5, 0.6) is 0 Å². The molecule has 0 atom stereocenters. The molecule has 0 radical (unpaired) electrons. The van der Waals surface area contributed by atoms with Gasteiger partial charge in [0.1, 0.15) is 6.42 Å². The van der Waals surface area contributed by atoms with Crippen LogP contribution in [0.15, 0.2) is 16.6 Å².